The van der Waals surface area contributed by atoms with Gasteiger partial charge in [0.2, 0.25) is 0 Å². The monoisotopic (exact) mass is 303 g/mol. The zero-order valence-corrected chi connectivity index (χ0v) is 12.4. The molecule has 5 nitrogen and oxygen atoms in total. The Balaban J connectivity index is 2.17. The van der Waals surface area contributed by atoms with Crippen LogP contribution in [-0.4, -0.2) is 17.1 Å². The number of para-hydroxylation sites is 2. The number of ether oxygens (including phenoxy) is 1. The minimum Gasteiger partial charge on any atom is -0.496 e. The largest absolute Gasteiger partial charge is 0.496 e. The van der Waals surface area contributed by atoms with Crippen molar-refractivity contribution in [3.63, 3.8) is 0 Å². The molecule has 3 aromatic rings. The normalized spacial score (nSPS) is 11.2. The summed E-state index contributed by atoms with van der Waals surface area (Å²) < 4.78 is 5.27. The minimum atomic E-state index is -0.272. The first-order valence-corrected chi connectivity index (χ1v) is 6.97. The fourth-order valence-electron chi connectivity index (χ4n) is 2.31. The van der Waals surface area contributed by atoms with E-state index in [4.69, 9.17) is 4.74 Å². The number of rotatable bonds is 3. The lowest BCUT2D eigenvalue weighted by molar-refractivity contribution is 0.414. The van der Waals surface area contributed by atoms with Crippen LogP contribution < -0.4 is 10.3 Å². The molecular formula is C18H13N3O2. The first-order chi connectivity index (χ1) is 11.2. The van der Waals surface area contributed by atoms with Crippen molar-refractivity contribution in [2.75, 3.05) is 7.11 Å². The second kappa shape index (κ2) is 6.16. The number of benzene rings is 2. The van der Waals surface area contributed by atoms with Gasteiger partial charge in [0.1, 0.15) is 11.8 Å². The quantitative estimate of drug-likeness (QED) is 0.754. The molecule has 0 amide bonds. The molecule has 0 unspecified atom stereocenters. The van der Waals surface area contributed by atoms with Crippen LogP contribution in [0, 0.1) is 11.3 Å². The van der Waals surface area contributed by atoms with Gasteiger partial charge in [-0.3, -0.25) is 4.79 Å². The van der Waals surface area contributed by atoms with Crippen LogP contribution in [0.1, 0.15) is 11.4 Å². The average molecular weight is 303 g/mol. The fourth-order valence-corrected chi connectivity index (χ4v) is 2.31. The third-order valence-corrected chi connectivity index (χ3v) is 3.43. The number of methoxy groups -OCH3 is 1. The predicted molar refractivity (Wildman–Crippen MR) is 88.8 cm³/mol. The highest BCUT2D eigenvalue weighted by atomic mass is 16.5. The number of nitrogens with zero attached hydrogens (tertiary/aromatic N) is 2. The van der Waals surface area contributed by atoms with Gasteiger partial charge < -0.3 is 9.72 Å². The highest BCUT2D eigenvalue weighted by Crippen LogP contribution is 2.23. The van der Waals surface area contributed by atoms with Crippen LogP contribution in [0.5, 0.6) is 5.75 Å². The van der Waals surface area contributed by atoms with Crippen molar-refractivity contribution in [2.45, 2.75) is 0 Å². The Kier molecular flexibility index (Phi) is 3.89. The lowest BCUT2D eigenvalue weighted by atomic mass is 10.1. The Hall–Kier alpha value is -3.39. The molecule has 3 rings (SSSR count). The van der Waals surface area contributed by atoms with Gasteiger partial charge in [0.05, 0.1) is 23.6 Å². The summed E-state index contributed by atoms with van der Waals surface area (Å²) in [5.41, 5.74) is 1.28. The molecule has 0 aliphatic rings. The van der Waals surface area contributed by atoms with Gasteiger partial charge >= 0.3 is 0 Å². The fraction of sp³-hybridized carbons (Fsp3) is 0.0556. The number of nitrogens with one attached hydrogen (secondary N) is 1. The van der Waals surface area contributed by atoms with Gasteiger partial charge in [0.15, 0.2) is 5.82 Å². The number of hydrogen-bond donors (Lipinski definition) is 1. The number of aromatic amines is 1. The van der Waals surface area contributed by atoms with Crippen LogP contribution >= 0.6 is 0 Å². The van der Waals surface area contributed by atoms with Gasteiger partial charge in [-0.05, 0) is 24.3 Å². The van der Waals surface area contributed by atoms with Crippen molar-refractivity contribution in [3.05, 3.63) is 70.3 Å². The summed E-state index contributed by atoms with van der Waals surface area (Å²) in [4.78, 5) is 19.2. The Morgan fingerprint density at radius 1 is 1.22 bits per heavy atom. The smallest absolute Gasteiger partial charge is 0.259 e. The second-order valence-electron chi connectivity index (χ2n) is 4.84. The molecule has 2 aromatic carbocycles. The summed E-state index contributed by atoms with van der Waals surface area (Å²) in [6, 6.07) is 16.4. The first kappa shape index (κ1) is 14.5. The van der Waals surface area contributed by atoms with E-state index in [2.05, 4.69) is 16.0 Å². The molecule has 1 aromatic heterocycles. The maximum Gasteiger partial charge on any atom is 0.259 e. The third kappa shape index (κ3) is 2.83. The Labute approximate surface area is 132 Å². The molecule has 0 saturated carbocycles. The first-order valence-electron chi connectivity index (χ1n) is 6.97. The van der Waals surface area contributed by atoms with Crippen molar-refractivity contribution < 1.29 is 4.74 Å². The van der Waals surface area contributed by atoms with Crippen molar-refractivity contribution in [3.8, 4) is 11.8 Å². The number of aromatic nitrogens is 2. The number of fused-ring (bicyclic) bond motifs is 1. The third-order valence-electron chi connectivity index (χ3n) is 3.43. The number of nitriles is 1. The number of hydrogen-bond acceptors (Lipinski definition) is 4. The summed E-state index contributed by atoms with van der Waals surface area (Å²) in [6.45, 7) is 0. The van der Waals surface area contributed by atoms with E-state index in [0.717, 1.165) is 5.56 Å². The predicted octanol–water partition coefficient (Wildman–Crippen LogP) is 3.00. The summed E-state index contributed by atoms with van der Waals surface area (Å²) >= 11 is 0. The lowest BCUT2D eigenvalue weighted by Crippen LogP contribution is -2.11. The maximum atomic E-state index is 12.1. The molecule has 0 bridgehead atoms. The topological polar surface area (TPSA) is 78.8 Å². The SMILES string of the molecule is COc1ccccc1/C=C(/C#N)c1nc2ccccc2c(=O)[nH]1. The van der Waals surface area contributed by atoms with Crippen LogP contribution in [0.2, 0.25) is 0 Å². The van der Waals surface area contributed by atoms with Gasteiger partial charge in [0, 0.05) is 5.56 Å². The van der Waals surface area contributed by atoms with E-state index in [9.17, 15) is 10.1 Å². The Bertz CT molecular complexity index is 997. The molecule has 0 aliphatic carbocycles. The highest BCUT2D eigenvalue weighted by Gasteiger charge is 2.09. The molecule has 23 heavy (non-hydrogen) atoms. The van der Waals surface area contributed by atoms with Crippen molar-refractivity contribution in [2.24, 2.45) is 0 Å². The second-order valence-corrected chi connectivity index (χ2v) is 4.84. The molecular weight excluding hydrogens is 290 g/mol. The minimum absolute atomic E-state index is 0.238. The number of allylic oxidation sites excluding steroid dienone is 1. The van der Waals surface area contributed by atoms with E-state index in [1.165, 1.54) is 0 Å². The standard InChI is InChI=1S/C18H13N3O2/c1-23-16-9-5-2-6-12(16)10-13(11-19)17-20-15-8-4-3-7-14(15)18(22)21-17/h2-10H,1H3,(H,20,21,22)/b13-10-. The average Bonchev–Trinajstić information content (AvgIpc) is 2.60. The van der Waals surface area contributed by atoms with E-state index in [0.29, 0.717) is 16.7 Å². The molecule has 1 heterocycles. The molecule has 0 atom stereocenters. The van der Waals surface area contributed by atoms with Crippen LogP contribution in [0.4, 0.5) is 0 Å². The Morgan fingerprint density at radius 3 is 2.74 bits per heavy atom. The van der Waals surface area contributed by atoms with Gasteiger partial charge in [-0.2, -0.15) is 5.26 Å². The van der Waals surface area contributed by atoms with E-state index >= 15 is 0 Å². The van der Waals surface area contributed by atoms with Gasteiger partial charge in [-0.1, -0.05) is 30.3 Å². The van der Waals surface area contributed by atoms with Gasteiger partial charge in [-0.15, -0.1) is 0 Å². The zero-order valence-electron chi connectivity index (χ0n) is 12.4. The van der Waals surface area contributed by atoms with Crippen molar-refractivity contribution in [1.29, 1.82) is 5.26 Å². The van der Waals surface area contributed by atoms with Crippen LogP contribution in [-0.2, 0) is 0 Å². The molecule has 112 valence electrons. The summed E-state index contributed by atoms with van der Waals surface area (Å²) in [5, 5.41) is 9.94. The van der Waals surface area contributed by atoms with Crippen LogP contribution in [0.15, 0.2) is 53.3 Å². The van der Waals surface area contributed by atoms with Gasteiger partial charge in [-0.25, -0.2) is 4.98 Å². The maximum absolute atomic E-state index is 12.1. The summed E-state index contributed by atoms with van der Waals surface area (Å²) in [5.74, 6) is 0.880. The lowest BCUT2D eigenvalue weighted by Gasteiger charge is -2.05. The summed E-state index contributed by atoms with van der Waals surface area (Å²) in [6.07, 6.45) is 1.64. The van der Waals surface area contributed by atoms with Gasteiger partial charge in [0.25, 0.3) is 5.56 Å². The van der Waals surface area contributed by atoms with Crippen molar-refractivity contribution >= 4 is 22.6 Å². The molecule has 0 fully saturated rings. The van der Waals surface area contributed by atoms with E-state index in [-0.39, 0.29) is 17.0 Å². The zero-order chi connectivity index (χ0) is 16.2. The van der Waals surface area contributed by atoms with E-state index < -0.39 is 0 Å². The van der Waals surface area contributed by atoms with E-state index in [1.54, 1.807) is 43.5 Å². The number of H-pyrrole nitrogens is 1. The van der Waals surface area contributed by atoms with Crippen LogP contribution in [0.3, 0.4) is 0 Å². The molecule has 0 spiro atoms. The van der Waals surface area contributed by atoms with Crippen LogP contribution in [0.25, 0.3) is 22.6 Å². The molecule has 0 aliphatic heterocycles. The molecule has 1 N–H and O–H groups in total. The van der Waals surface area contributed by atoms with Crippen molar-refractivity contribution in [1.82, 2.24) is 9.97 Å². The highest BCUT2D eigenvalue weighted by molar-refractivity contribution is 5.90. The summed E-state index contributed by atoms with van der Waals surface area (Å²) in [7, 11) is 1.56. The molecule has 0 radical (unpaired) electrons. The Morgan fingerprint density at radius 2 is 1.96 bits per heavy atom. The molecule has 0 saturated heterocycles. The van der Waals surface area contributed by atoms with E-state index in [1.807, 2.05) is 18.2 Å². The molecule has 5 heteroatoms.